The van der Waals surface area contributed by atoms with Gasteiger partial charge < -0.3 is 4.52 Å². The molecule has 0 saturated heterocycles. The number of aromatic nitrogens is 1. The van der Waals surface area contributed by atoms with Crippen LogP contribution in [0.2, 0.25) is 0 Å². The second kappa shape index (κ2) is 1.87. The number of rotatable bonds is 0. The van der Waals surface area contributed by atoms with Crippen LogP contribution < -0.4 is 0 Å². The van der Waals surface area contributed by atoms with Crippen molar-refractivity contribution < 1.29 is 4.52 Å². The first-order valence-electron chi connectivity index (χ1n) is 3.02. The summed E-state index contributed by atoms with van der Waals surface area (Å²) < 4.78 is 4.95. The van der Waals surface area contributed by atoms with Crippen molar-refractivity contribution in [1.82, 2.24) is 5.16 Å². The molecule has 0 aromatic carbocycles. The second-order valence-corrected chi connectivity index (χ2v) is 3.13. The average molecular weight is 125 g/mol. The summed E-state index contributed by atoms with van der Waals surface area (Å²) in [7, 11) is 0. The van der Waals surface area contributed by atoms with Crippen molar-refractivity contribution in [3.63, 3.8) is 0 Å². The van der Waals surface area contributed by atoms with Crippen molar-refractivity contribution in [3.8, 4) is 0 Å². The summed E-state index contributed by atoms with van der Waals surface area (Å²) in [5.74, 6) is 0.933. The van der Waals surface area contributed by atoms with Crippen molar-refractivity contribution in [3.05, 3.63) is 18.0 Å². The molecule has 50 valence electrons. The molecule has 0 radical (unpaired) electrons. The molecular formula is C7H11NO. The smallest absolute Gasteiger partial charge is 0.142 e. The Labute approximate surface area is 54.9 Å². The van der Waals surface area contributed by atoms with Crippen molar-refractivity contribution >= 4 is 0 Å². The molecule has 0 aliphatic rings. The maximum atomic E-state index is 4.95. The summed E-state index contributed by atoms with van der Waals surface area (Å²) in [5.41, 5.74) is 0.0938. The number of nitrogens with zero attached hydrogens (tertiary/aromatic N) is 1. The lowest BCUT2D eigenvalue weighted by molar-refractivity contribution is 0.329. The van der Waals surface area contributed by atoms with E-state index in [1.807, 2.05) is 6.07 Å². The summed E-state index contributed by atoms with van der Waals surface area (Å²) in [4.78, 5) is 0. The fourth-order valence-electron chi connectivity index (χ4n) is 0.603. The van der Waals surface area contributed by atoms with Gasteiger partial charge in [0.05, 0.1) is 6.20 Å². The molecule has 2 heteroatoms. The number of hydrogen-bond donors (Lipinski definition) is 0. The van der Waals surface area contributed by atoms with Crippen LogP contribution in [0.1, 0.15) is 26.5 Å². The van der Waals surface area contributed by atoms with Crippen LogP contribution in [0.5, 0.6) is 0 Å². The van der Waals surface area contributed by atoms with Gasteiger partial charge in [-0.2, -0.15) is 0 Å². The van der Waals surface area contributed by atoms with Crippen LogP contribution in [0, 0.1) is 0 Å². The first kappa shape index (κ1) is 6.33. The van der Waals surface area contributed by atoms with E-state index in [0.29, 0.717) is 0 Å². The minimum Gasteiger partial charge on any atom is -0.361 e. The van der Waals surface area contributed by atoms with Gasteiger partial charge in [-0.1, -0.05) is 25.9 Å². The second-order valence-electron chi connectivity index (χ2n) is 3.13. The fraction of sp³-hybridized carbons (Fsp3) is 0.571. The molecule has 0 unspecified atom stereocenters. The van der Waals surface area contributed by atoms with Crippen molar-refractivity contribution in [2.45, 2.75) is 26.2 Å². The fourth-order valence-corrected chi connectivity index (χ4v) is 0.603. The molecule has 1 aromatic rings. The summed E-state index contributed by atoms with van der Waals surface area (Å²) in [6.07, 6.45) is 1.67. The Morgan fingerprint density at radius 2 is 2.11 bits per heavy atom. The Bertz CT molecular complexity index is 171. The minimum atomic E-state index is 0.0938. The van der Waals surface area contributed by atoms with E-state index < -0.39 is 0 Å². The molecule has 2 nitrogen and oxygen atoms in total. The first-order chi connectivity index (χ1) is 4.11. The lowest BCUT2D eigenvalue weighted by Crippen LogP contribution is -2.08. The maximum absolute atomic E-state index is 4.95. The lowest BCUT2D eigenvalue weighted by Gasteiger charge is -2.11. The molecule has 1 rings (SSSR count). The Hall–Kier alpha value is -0.790. The molecule has 0 amide bonds. The Balaban J connectivity index is 2.90. The van der Waals surface area contributed by atoms with Crippen LogP contribution >= 0.6 is 0 Å². The molecule has 0 saturated carbocycles. The van der Waals surface area contributed by atoms with Crippen LogP contribution in [-0.2, 0) is 5.41 Å². The average Bonchev–Trinajstić information content (AvgIpc) is 2.08. The molecule has 0 aliphatic heterocycles. The third-order valence-corrected chi connectivity index (χ3v) is 1.18. The normalized spacial score (nSPS) is 11.9. The van der Waals surface area contributed by atoms with Crippen molar-refractivity contribution in [2.24, 2.45) is 0 Å². The predicted molar refractivity (Wildman–Crippen MR) is 35.2 cm³/mol. The molecule has 0 fully saturated rings. The molecule has 0 bridgehead atoms. The highest BCUT2D eigenvalue weighted by molar-refractivity contribution is 5.05. The zero-order valence-corrected chi connectivity index (χ0v) is 6.01. The van der Waals surface area contributed by atoms with Gasteiger partial charge in [0.15, 0.2) is 0 Å². The van der Waals surface area contributed by atoms with Crippen molar-refractivity contribution in [1.29, 1.82) is 0 Å². The van der Waals surface area contributed by atoms with Gasteiger partial charge in [-0.15, -0.1) is 0 Å². The van der Waals surface area contributed by atoms with E-state index in [2.05, 4.69) is 25.9 Å². The van der Waals surface area contributed by atoms with Gasteiger partial charge >= 0.3 is 0 Å². The topological polar surface area (TPSA) is 26.0 Å². The van der Waals surface area contributed by atoms with Gasteiger partial charge in [0, 0.05) is 11.5 Å². The van der Waals surface area contributed by atoms with Crippen LogP contribution in [0.3, 0.4) is 0 Å². The molecule has 0 aliphatic carbocycles. The number of hydrogen-bond acceptors (Lipinski definition) is 2. The first-order valence-corrected chi connectivity index (χ1v) is 3.02. The lowest BCUT2D eigenvalue weighted by atomic mass is 9.94. The zero-order chi connectivity index (χ0) is 6.91. The van der Waals surface area contributed by atoms with Gasteiger partial charge in [0.1, 0.15) is 5.76 Å². The van der Waals surface area contributed by atoms with E-state index in [1.165, 1.54) is 0 Å². The third-order valence-electron chi connectivity index (χ3n) is 1.18. The van der Waals surface area contributed by atoms with Crippen LogP contribution in [-0.4, -0.2) is 5.16 Å². The standard InChI is InChI=1S/C7H11NO/c1-7(2,3)6-4-5-8-9-6/h4-5H,1-3H3. The molecular weight excluding hydrogens is 114 g/mol. The van der Waals surface area contributed by atoms with E-state index in [9.17, 15) is 0 Å². The zero-order valence-electron chi connectivity index (χ0n) is 6.01. The van der Waals surface area contributed by atoms with Gasteiger partial charge in [0.2, 0.25) is 0 Å². The van der Waals surface area contributed by atoms with Gasteiger partial charge in [-0.3, -0.25) is 0 Å². The van der Waals surface area contributed by atoms with Crippen molar-refractivity contribution in [2.75, 3.05) is 0 Å². The molecule has 0 N–H and O–H groups in total. The molecule has 0 atom stereocenters. The third kappa shape index (κ3) is 1.31. The molecule has 9 heavy (non-hydrogen) atoms. The molecule has 1 heterocycles. The van der Waals surface area contributed by atoms with E-state index in [-0.39, 0.29) is 5.41 Å². The van der Waals surface area contributed by atoms with E-state index >= 15 is 0 Å². The summed E-state index contributed by atoms with van der Waals surface area (Å²) in [6, 6.07) is 1.89. The predicted octanol–water partition coefficient (Wildman–Crippen LogP) is 1.97. The highest BCUT2D eigenvalue weighted by atomic mass is 16.5. The van der Waals surface area contributed by atoms with Gasteiger partial charge in [-0.25, -0.2) is 0 Å². The van der Waals surface area contributed by atoms with E-state index in [0.717, 1.165) is 5.76 Å². The van der Waals surface area contributed by atoms with Crippen LogP contribution in [0.15, 0.2) is 16.8 Å². The van der Waals surface area contributed by atoms with Crippen LogP contribution in [0.4, 0.5) is 0 Å². The highest BCUT2D eigenvalue weighted by Gasteiger charge is 2.16. The summed E-state index contributed by atoms with van der Waals surface area (Å²) in [6.45, 7) is 6.27. The van der Waals surface area contributed by atoms with E-state index in [4.69, 9.17) is 4.52 Å². The van der Waals surface area contributed by atoms with E-state index in [1.54, 1.807) is 6.20 Å². The Morgan fingerprint density at radius 3 is 2.33 bits per heavy atom. The molecule has 1 aromatic heterocycles. The maximum Gasteiger partial charge on any atom is 0.142 e. The summed E-state index contributed by atoms with van der Waals surface area (Å²) >= 11 is 0. The Kier molecular flexibility index (Phi) is 1.31. The highest BCUT2D eigenvalue weighted by Crippen LogP contribution is 2.20. The largest absolute Gasteiger partial charge is 0.361 e. The quantitative estimate of drug-likeness (QED) is 0.529. The minimum absolute atomic E-state index is 0.0938. The van der Waals surface area contributed by atoms with Crippen LogP contribution in [0.25, 0.3) is 0 Å². The molecule has 0 spiro atoms. The van der Waals surface area contributed by atoms with Gasteiger partial charge in [-0.05, 0) is 0 Å². The Morgan fingerprint density at radius 1 is 1.44 bits per heavy atom. The SMILES string of the molecule is CC(C)(C)c1ccno1. The van der Waals surface area contributed by atoms with Gasteiger partial charge in [0.25, 0.3) is 0 Å². The monoisotopic (exact) mass is 125 g/mol. The summed E-state index contributed by atoms with van der Waals surface area (Å²) in [5, 5.41) is 3.61.